The molecule has 15 heavy (non-hydrogen) atoms. The minimum Gasteiger partial charge on any atom is -0.235 e. The Labute approximate surface area is 95.6 Å². The molecule has 0 aromatic heterocycles. The fourth-order valence-corrected chi connectivity index (χ4v) is 1.18. The van der Waals surface area contributed by atoms with Crippen LogP contribution >= 0.6 is 23.2 Å². The van der Waals surface area contributed by atoms with Crippen molar-refractivity contribution in [3.8, 4) is 0 Å². The molecule has 88 valence electrons. The van der Waals surface area contributed by atoms with Gasteiger partial charge in [0.15, 0.2) is 10.1 Å². The molecule has 0 atom stereocenters. The van der Waals surface area contributed by atoms with Gasteiger partial charge in [-0.3, -0.25) is 0 Å². The van der Waals surface area contributed by atoms with Crippen molar-refractivity contribution in [1.29, 1.82) is 0 Å². The van der Waals surface area contributed by atoms with Gasteiger partial charge in [0, 0.05) is 11.8 Å². The maximum Gasteiger partial charge on any atom is 0.207 e. The number of hydrogen-bond donors (Lipinski definition) is 0. The molecule has 0 saturated heterocycles. The highest BCUT2D eigenvalue weighted by atomic mass is 35.5. The van der Waals surface area contributed by atoms with Gasteiger partial charge in [0.2, 0.25) is 6.67 Å². The minimum atomic E-state index is -0.729. The average molecular weight is 261 g/mol. The third-order valence-electron chi connectivity index (χ3n) is 1.47. The van der Waals surface area contributed by atoms with Crippen LogP contribution in [0.1, 0.15) is 0 Å². The Hall–Kier alpha value is -1.02. The van der Waals surface area contributed by atoms with E-state index in [0.717, 1.165) is 0 Å². The summed E-state index contributed by atoms with van der Waals surface area (Å²) in [6.45, 7) is -0.582. The number of nitro groups is 2. The highest BCUT2D eigenvalue weighted by Crippen LogP contribution is 1.97. The third kappa shape index (κ3) is 5.43. The van der Waals surface area contributed by atoms with Gasteiger partial charge in [0.1, 0.15) is 0 Å². The zero-order valence-electron chi connectivity index (χ0n) is 7.71. The summed E-state index contributed by atoms with van der Waals surface area (Å²) < 4.78 is 0. The highest BCUT2D eigenvalue weighted by molar-refractivity contribution is 6.18. The standard InChI is InChI=1S/C5H10Cl2N4O4/c6-1-3-8(10(12)13)5-9(4-2-7)11(14)15/h1-5H2. The Balaban J connectivity index is 4.32. The predicted molar refractivity (Wildman–Crippen MR) is 53.7 cm³/mol. The molecule has 8 nitrogen and oxygen atoms in total. The lowest BCUT2D eigenvalue weighted by atomic mass is 10.6. The van der Waals surface area contributed by atoms with Gasteiger partial charge < -0.3 is 0 Å². The van der Waals surface area contributed by atoms with E-state index in [9.17, 15) is 20.2 Å². The molecule has 0 N–H and O–H groups in total. The summed E-state index contributed by atoms with van der Waals surface area (Å²) in [6.07, 6.45) is 0. The van der Waals surface area contributed by atoms with Crippen molar-refractivity contribution >= 4 is 23.2 Å². The first kappa shape index (κ1) is 14.0. The molecular formula is C5H10Cl2N4O4. The topological polar surface area (TPSA) is 92.8 Å². The molecule has 0 aromatic carbocycles. The molecule has 0 amide bonds. The summed E-state index contributed by atoms with van der Waals surface area (Å²) in [6, 6.07) is 0. The molecule has 0 aliphatic carbocycles. The molecule has 0 unspecified atom stereocenters. The average Bonchev–Trinajstić information content (AvgIpc) is 2.15. The largest absolute Gasteiger partial charge is 0.235 e. The smallest absolute Gasteiger partial charge is 0.207 e. The second-order valence-electron chi connectivity index (χ2n) is 2.46. The van der Waals surface area contributed by atoms with Gasteiger partial charge in [0.25, 0.3) is 0 Å². The van der Waals surface area contributed by atoms with Crippen LogP contribution < -0.4 is 0 Å². The van der Waals surface area contributed by atoms with E-state index < -0.39 is 16.7 Å². The number of hydrazine groups is 2. The van der Waals surface area contributed by atoms with Crippen LogP contribution in [0, 0.1) is 20.2 Å². The quantitative estimate of drug-likeness (QED) is 0.272. The summed E-state index contributed by atoms with van der Waals surface area (Å²) in [5.41, 5.74) is 0. The summed E-state index contributed by atoms with van der Waals surface area (Å²) in [5, 5.41) is 20.7. The Morgan fingerprint density at radius 1 is 0.933 bits per heavy atom. The first-order valence-corrected chi connectivity index (χ1v) is 5.00. The van der Waals surface area contributed by atoms with Crippen molar-refractivity contribution in [3.05, 3.63) is 20.2 Å². The Morgan fingerprint density at radius 2 is 1.27 bits per heavy atom. The first-order chi connectivity index (χ1) is 7.02. The Bertz CT molecular complexity index is 207. The lowest BCUT2D eigenvalue weighted by Gasteiger charge is -2.17. The summed E-state index contributed by atoms with van der Waals surface area (Å²) in [5.74, 6) is 0.0425. The summed E-state index contributed by atoms with van der Waals surface area (Å²) in [4.78, 5) is 20.9. The van der Waals surface area contributed by atoms with Crippen LogP contribution in [0.3, 0.4) is 0 Å². The number of halogens is 2. The summed E-state index contributed by atoms with van der Waals surface area (Å²) >= 11 is 10.6. The molecule has 0 aromatic rings. The van der Waals surface area contributed by atoms with E-state index in [1.54, 1.807) is 0 Å². The van der Waals surface area contributed by atoms with Crippen LogP contribution in [0.15, 0.2) is 0 Å². The number of rotatable bonds is 8. The monoisotopic (exact) mass is 260 g/mol. The van der Waals surface area contributed by atoms with Gasteiger partial charge in [-0.15, -0.1) is 33.2 Å². The van der Waals surface area contributed by atoms with E-state index in [4.69, 9.17) is 23.2 Å². The van der Waals surface area contributed by atoms with Gasteiger partial charge >= 0.3 is 0 Å². The van der Waals surface area contributed by atoms with E-state index in [0.29, 0.717) is 10.0 Å². The van der Waals surface area contributed by atoms with Crippen LogP contribution in [0.4, 0.5) is 0 Å². The lowest BCUT2D eigenvalue weighted by molar-refractivity contribution is -0.710. The number of alkyl halides is 2. The third-order valence-corrected chi connectivity index (χ3v) is 1.81. The van der Waals surface area contributed by atoms with E-state index >= 15 is 0 Å². The lowest BCUT2D eigenvalue weighted by Crippen LogP contribution is -2.45. The fourth-order valence-electron chi connectivity index (χ4n) is 0.792. The van der Waals surface area contributed by atoms with Crippen molar-refractivity contribution in [3.63, 3.8) is 0 Å². The van der Waals surface area contributed by atoms with Crippen LogP contribution in [-0.4, -0.2) is 51.6 Å². The summed E-state index contributed by atoms with van der Waals surface area (Å²) in [7, 11) is 0. The van der Waals surface area contributed by atoms with E-state index in [-0.39, 0.29) is 24.8 Å². The van der Waals surface area contributed by atoms with Gasteiger partial charge in [-0.1, -0.05) is 0 Å². The Morgan fingerprint density at radius 3 is 1.47 bits per heavy atom. The van der Waals surface area contributed by atoms with Crippen molar-refractivity contribution in [2.45, 2.75) is 0 Å². The van der Waals surface area contributed by atoms with Gasteiger partial charge in [-0.25, -0.2) is 20.2 Å². The van der Waals surface area contributed by atoms with E-state index in [1.807, 2.05) is 0 Å². The fraction of sp³-hybridized carbons (Fsp3) is 1.00. The molecule has 0 bridgehead atoms. The zero-order chi connectivity index (χ0) is 11.8. The SMILES string of the molecule is O=[N+]([O-])N(CCCl)CN(CCCl)[N+](=O)[O-]. The maximum atomic E-state index is 10.4. The first-order valence-electron chi connectivity index (χ1n) is 3.93. The van der Waals surface area contributed by atoms with Crippen LogP contribution in [0.25, 0.3) is 0 Å². The normalized spacial score (nSPS) is 9.73. The number of nitrogens with zero attached hydrogens (tertiary/aromatic N) is 4. The second kappa shape index (κ2) is 7.30. The molecule has 0 radical (unpaired) electrons. The molecule has 0 spiro atoms. The maximum absolute atomic E-state index is 10.4. The van der Waals surface area contributed by atoms with Crippen molar-refractivity contribution < 1.29 is 10.1 Å². The van der Waals surface area contributed by atoms with Crippen LogP contribution in [0.5, 0.6) is 0 Å². The molecule has 0 rings (SSSR count). The van der Waals surface area contributed by atoms with Crippen molar-refractivity contribution in [2.24, 2.45) is 0 Å². The number of hydrogen-bond acceptors (Lipinski definition) is 4. The molecular weight excluding hydrogens is 251 g/mol. The zero-order valence-corrected chi connectivity index (χ0v) is 9.23. The van der Waals surface area contributed by atoms with E-state index in [2.05, 4.69) is 0 Å². The molecule has 0 aliphatic rings. The van der Waals surface area contributed by atoms with Gasteiger partial charge in [-0.2, -0.15) is 0 Å². The highest BCUT2D eigenvalue weighted by Gasteiger charge is 2.23. The molecule has 0 saturated carbocycles. The van der Waals surface area contributed by atoms with Crippen LogP contribution in [0.2, 0.25) is 0 Å². The molecule has 0 fully saturated rings. The van der Waals surface area contributed by atoms with E-state index in [1.165, 1.54) is 0 Å². The molecule has 0 heterocycles. The Kier molecular flexibility index (Phi) is 6.80. The minimum absolute atomic E-state index is 0.0212. The second-order valence-corrected chi connectivity index (χ2v) is 3.21. The molecule has 10 heteroatoms. The molecule has 0 aliphatic heterocycles. The van der Waals surface area contributed by atoms with Crippen molar-refractivity contribution in [2.75, 3.05) is 31.5 Å². The van der Waals surface area contributed by atoms with Crippen molar-refractivity contribution in [1.82, 2.24) is 10.0 Å². The van der Waals surface area contributed by atoms with Crippen LogP contribution in [-0.2, 0) is 0 Å². The van der Waals surface area contributed by atoms with Gasteiger partial charge in [0.05, 0.1) is 13.1 Å². The predicted octanol–water partition coefficient (Wildman–Crippen LogP) is 0.409. The van der Waals surface area contributed by atoms with Gasteiger partial charge in [-0.05, 0) is 0 Å².